The van der Waals surface area contributed by atoms with E-state index in [4.69, 9.17) is 38.4 Å². The fraction of sp³-hybridized carbons (Fsp3) is 0.478. The molecule has 32 heavy (non-hydrogen) atoms. The number of sulfone groups is 1. The monoisotopic (exact) mass is 500 g/mol. The summed E-state index contributed by atoms with van der Waals surface area (Å²) in [6.45, 7) is 3.70. The first kappa shape index (κ1) is 25.4. The average Bonchev–Trinajstić information content (AvgIpc) is 2.76. The van der Waals surface area contributed by atoms with Gasteiger partial charge in [-0.3, -0.25) is 0 Å². The van der Waals surface area contributed by atoms with Crippen molar-refractivity contribution in [1.82, 2.24) is 4.90 Å². The van der Waals surface area contributed by atoms with Gasteiger partial charge in [0.25, 0.3) is 0 Å². The van der Waals surface area contributed by atoms with Gasteiger partial charge >= 0.3 is 0 Å². The summed E-state index contributed by atoms with van der Waals surface area (Å²) < 4.78 is 36.5. The normalized spacial score (nSPS) is 16.8. The highest BCUT2D eigenvalue weighted by atomic mass is 35.5. The van der Waals surface area contributed by atoms with Crippen LogP contribution in [0, 0.1) is 0 Å². The quantitative estimate of drug-likeness (QED) is 0.473. The SMILES string of the molecule is CN1Cc2c(Cl)cc(Cl)cc2C(c2cccc(S(=O)(=O)CCCOCCOCCN)c2)C1. The number of hydrogen-bond acceptors (Lipinski definition) is 6. The predicted molar refractivity (Wildman–Crippen MR) is 128 cm³/mol. The average molecular weight is 501 g/mol. The van der Waals surface area contributed by atoms with Crippen LogP contribution in [0.3, 0.4) is 0 Å². The summed E-state index contributed by atoms with van der Waals surface area (Å²) in [5.41, 5.74) is 8.38. The van der Waals surface area contributed by atoms with E-state index in [1.54, 1.807) is 24.3 Å². The topological polar surface area (TPSA) is 81.9 Å². The smallest absolute Gasteiger partial charge is 0.178 e. The first-order valence-electron chi connectivity index (χ1n) is 10.7. The molecule has 0 spiro atoms. The molecule has 1 unspecified atom stereocenters. The second-order valence-corrected chi connectivity index (χ2v) is 10.9. The molecule has 0 fully saturated rings. The molecule has 176 valence electrons. The van der Waals surface area contributed by atoms with Crippen molar-refractivity contribution in [1.29, 1.82) is 0 Å². The minimum atomic E-state index is -3.42. The van der Waals surface area contributed by atoms with Crippen LogP contribution in [0.15, 0.2) is 41.3 Å². The molecule has 0 amide bonds. The van der Waals surface area contributed by atoms with Crippen molar-refractivity contribution < 1.29 is 17.9 Å². The van der Waals surface area contributed by atoms with Gasteiger partial charge in [-0.05, 0) is 54.4 Å². The molecule has 1 heterocycles. The number of nitrogens with zero attached hydrogens (tertiary/aromatic N) is 1. The highest BCUT2D eigenvalue weighted by Gasteiger charge is 2.28. The van der Waals surface area contributed by atoms with E-state index in [0.717, 1.165) is 29.8 Å². The number of ether oxygens (including phenoxy) is 2. The molecule has 0 saturated heterocycles. The molecule has 1 atom stereocenters. The van der Waals surface area contributed by atoms with E-state index >= 15 is 0 Å². The number of rotatable bonds is 11. The maximum Gasteiger partial charge on any atom is 0.178 e. The summed E-state index contributed by atoms with van der Waals surface area (Å²) in [6, 6.07) is 10.9. The van der Waals surface area contributed by atoms with Gasteiger partial charge in [-0.2, -0.15) is 0 Å². The van der Waals surface area contributed by atoms with Gasteiger partial charge in [0, 0.05) is 42.2 Å². The molecule has 2 aromatic rings. The zero-order chi connectivity index (χ0) is 23.1. The molecular formula is C23H30Cl2N2O4S. The molecule has 6 nitrogen and oxygen atoms in total. The molecule has 2 N–H and O–H groups in total. The van der Waals surface area contributed by atoms with Crippen molar-refractivity contribution in [2.45, 2.75) is 23.8 Å². The van der Waals surface area contributed by atoms with Crippen molar-refractivity contribution >= 4 is 33.0 Å². The Bertz CT molecular complexity index is 1020. The van der Waals surface area contributed by atoms with E-state index in [1.165, 1.54) is 0 Å². The Kier molecular flexibility index (Phi) is 9.37. The van der Waals surface area contributed by atoms with Crippen molar-refractivity contribution in [3.8, 4) is 0 Å². The van der Waals surface area contributed by atoms with E-state index in [9.17, 15) is 8.42 Å². The third-order valence-electron chi connectivity index (χ3n) is 5.45. The van der Waals surface area contributed by atoms with Crippen LogP contribution in [-0.4, -0.2) is 65.6 Å². The molecule has 1 aliphatic rings. The maximum absolute atomic E-state index is 12.9. The van der Waals surface area contributed by atoms with Crippen molar-refractivity contribution in [3.63, 3.8) is 0 Å². The summed E-state index contributed by atoms with van der Waals surface area (Å²) in [7, 11) is -1.39. The van der Waals surface area contributed by atoms with Gasteiger partial charge in [-0.15, -0.1) is 0 Å². The third-order valence-corrected chi connectivity index (χ3v) is 7.80. The molecule has 0 saturated carbocycles. The summed E-state index contributed by atoms with van der Waals surface area (Å²) in [4.78, 5) is 2.51. The van der Waals surface area contributed by atoms with Crippen molar-refractivity contribution in [2.75, 3.05) is 52.3 Å². The Morgan fingerprint density at radius 1 is 1.09 bits per heavy atom. The van der Waals surface area contributed by atoms with Gasteiger partial charge in [-0.25, -0.2) is 8.42 Å². The molecule has 0 aromatic heterocycles. The largest absolute Gasteiger partial charge is 0.379 e. The van der Waals surface area contributed by atoms with E-state index in [1.807, 2.05) is 19.2 Å². The summed E-state index contributed by atoms with van der Waals surface area (Å²) in [6.07, 6.45) is 0.420. The van der Waals surface area contributed by atoms with Crippen LogP contribution >= 0.6 is 23.2 Å². The number of likely N-dealkylation sites (N-methyl/N-ethyl adjacent to an activating group) is 1. The van der Waals surface area contributed by atoms with E-state index in [0.29, 0.717) is 54.3 Å². The van der Waals surface area contributed by atoms with Crippen LogP contribution < -0.4 is 5.73 Å². The number of nitrogens with two attached hydrogens (primary N) is 1. The number of fused-ring (bicyclic) bond motifs is 1. The summed E-state index contributed by atoms with van der Waals surface area (Å²) >= 11 is 12.7. The lowest BCUT2D eigenvalue weighted by atomic mass is 9.85. The van der Waals surface area contributed by atoms with Crippen LogP contribution in [0.4, 0.5) is 0 Å². The lowest BCUT2D eigenvalue weighted by Gasteiger charge is -2.33. The highest BCUT2D eigenvalue weighted by molar-refractivity contribution is 7.91. The van der Waals surface area contributed by atoms with Gasteiger partial charge in [-0.1, -0.05) is 35.3 Å². The molecule has 0 bridgehead atoms. The molecule has 0 aliphatic carbocycles. The molecule has 9 heteroatoms. The number of halogens is 2. The van der Waals surface area contributed by atoms with E-state index in [2.05, 4.69) is 4.90 Å². The standard InChI is InChI=1S/C23H30Cl2N2O4S/c1-27-15-21(20-13-18(24)14-23(25)22(20)16-27)17-4-2-5-19(12-17)32(28,29)11-3-7-30-9-10-31-8-6-26/h2,4-5,12-14,21H,3,6-11,15-16,26H2,1H3. The molecule has 1 aliphatic heterocycles. The molecule has 2 aromatic carbocycles. The summed E-state index contributed by atoms with van der Waals surface area (Å²) in [5.74, 6) is 0.0193. The molecular weight excluding hydrogens is 471 g/mol. The lowest BCUT2D eigenvalue weighted by molar-refractivity contribution is 0.0512. The zero-order valence-electron chi connectivity index (χ0n) is 18.2. The van der Waals surface area contributed by atoms with Gasteiger partial charge in [0.2, 0.25) is 0 Å². The summed E-state index contributed by atoms with van der Waals surface area (Å²) in [5, 5.41) is 1.22. The van der Waals surface area contributed by atoms with Gasteiger partial charge in [0.1, 0.15) is 0 Å². The second kappa shape index (κ2) is 11.8. The lowest BCUT2D eigenvalue weighted by Crippen LogP contribution is -2.31. The van der Waals surface area contributed by atoms with Gasteiger partial charge in [0.05, 0.1) is 30.5 Å². The first-order chi connectivity index (χ1) is 15.3. The molecule has 0 radical (unpaired) electrons. The second-order valence-electron chi connectivity index (χ2n) is 7.96. The Labute approximate surface area is 200 Å². The van der Waals surface area contributed by atoms with Gasteiger partial charge in [0.15, 0.2) is 9.84 Å². The fourth-order valence-corrected chi connectivity index (χ4v) is 5.83. The van der Waals surface area contributed by atoms with Crippen LogP contribution in [0.2, 0.25) is 10.0 Å². The van der Waals surface area contributed by atoms with E-state index < -0.39 is 9.84 Å². The predicted octanol–water partition coefficient (Wildman–Crippen LogP) is 3.73. The Hall–Kier alpha value is -1.19. The Morgan fingerprint density at radius 2 is 1.84 bits per heavy atom. The Balaban J connectivity index is 1.69. The van der Waals surface area contributed by atoms with Crippen LogP contribution in [0.1, 0.15) is 29.0 Å². The first-order valence-corrected chi connectivity index (χ1v) is 13.1. The fourth-order valence-electron chi connectivity index (χ4n) is 3.93. The molecule has 3 rings (SSSR count). The zero-order valence-corrected chi connectivity index (χ0v) is 20.6. The minimum absolute atomic E-state index is 0.00745. The van der Waals surface area contributed by atoms with Crippen LogP contribution in [0.25, 0.3) is 0 Å². The van der Waals surface area contributed by atoms with Gasteiger partial charge < -0.3 is 20.1 Å². The van der Waals surface area contributed by atoms with Crippen molar-refractivity contribution in [2.24, 2.45) is 5.73 Å². The third kappa shape index (κ3) is 6.67. The van der Waals surface area contributed by atoms with E-state index in [-0.39, 0.29) is 11.7 Å². The highest BCUT2D eigenvalue weighted by Crippen LogP contribution is 2.38. The van der Waals surface area contributed by atoms with Crippen LogP contribution in [-0.2, 0) is 25.9 Å². The maximum atomic E-state index is 12.9. The van der Waals surface area contributed by atoms with Crippen molar-refractivity contribution in [3.05, 3.63) is 63.1 Å². The minimum Gasteiger partial charge on any atom is -0.379 e. The Morgan fingerprint density at radius 3 is 2.59 bits per heavy atom. The number of benzene rings is 2. The van der Waals surface area contributed by atoms with Crippen LogP contribution in [0.5, 0.6) is 0 Å². The number of hydrogen-bond donors (Lipinski definition) is 1.